The minimum atomic E-state index is -0.571. The number of amides is 1. The number of fused-ring (bicyclic) bond motifs is 1. The van der Waals surface area contributed by atoms with Crippen LogP contribution in [-0.2, 0) is 27.4 Å². The maximum Gasteiger partial charge on any atom is 0.342 e. The molecule has 1 saturated heterocycles. The Kier molecular flexibility index (Phi) is 6.25. The summed E-state index contributed by atoms with van der Waals surface area (Å²) < 4.78 is 16.0. The molecule has 4 rings (SSSR count). The number of aromatic nitrogens is 2. The zero-order chi connectivity index (χ0) is 23.5. The van der Waals surface area contributed by atoms with Gasteiger partial charge in [-0.1, -0.05) is 12.1 Å². The molecule has 0 radical (unpaired) electrons. The van der Waals surface area contributed by atoms with Crippen LogP contribution in [0.5, 0.6) is 0 Å². The summed E-state index contributed by atoms with van der Waals surface area (Å²) in [6, 6.07) is 6.95. The molecule has 0 unspecified atom stereocenters. The molecule has 0 spiro atoms. The SMILES string of the molecule is CCOC(=O)c1c(C)oc2nc(COC(=O)c3cccc(CN4CCCC4=O)c3)nc(N)c12. The van der Waals surface area contributed by atoms with E-state index in [1.54, 1.807) is 36.9 Å². The Balaban J connectivity index is 1.47. The Morgan fingerprint density at radius 1 is 1.21 bits per heavy atom. The Morgan fingerprint density at radius 2 is 2.03 bits per heavy atom. The minimum absolute atomic E-state index is 0.0308. The van der Waals surface area contributed by atoms with E-state index in [4.69, 9.17) is 19.6 Å². The van der Waals surface area contributed by atoms with E-state index in [0.717, 1.165) is 18.5 Å². The molecule has 0 atom stereocenters. The number of ether oxygens (including phenoxy) is 2. The molecular weight excluding hydrogens is 428 g/mol. The van der Waals surface area contributed by atoms with Gasteiger partial charge in [0.2, 0.25) is 11.6 Å². The van der Waals surface area contributed by atoms with E-state index in [1.807, 2.05) is 6.07 Å². The fourth-order valence-electron chi connectivity index (χ4n) is 3.80. The minimum Gasteiger partial charge on any atom is -0.462 e. The summed E-state index contributed by atoms with van der Waals surface area (Å²) in [4.78, 5) is 46.8. The zero-order valence-corrected chi connectivity index (χ0v) is 18.4. The fourth-order valence-corrected chi connectivity index (χ4v) is 3.80. The van der Waals surface area contributed by atoms with Crippen LogP contribution in [0.15, 0.2) is 28.7 Å². The van der Waals surface area contributed by atoms with Gasteiger partial charge >= 0.3 is 11.9 Å². The Bertz CT molecular complexity index is 1240. The number of hydrogen-bond acceptors (Lipinski definition) is 9. The summed E-state index contributed by atoms with van der Waals surface area (Å²) in [5, 5.41) is 0.269. The van der Waals surface area contributed by atoms with Crippen molar-refractivity contribution < 1.29 is 28.3 Å². The highest BCUT2D eigenvalue weighted by molar-refractivity contribution is 6.07. The van der Waals surface area contributed by atoms with Gasteiger partial charge < -0.3 is 24.5 Å². The van der Waals surface area contributed by atoms with E-state index >= 15 is 0 Å². The first-order valence-electron chi connectivity index (χ1n) is 10.6. The molecule has 1 aliphatic heterocycles. The molecule has 10 nitrogen and oxygen atoms in total. The summed E-state index contributed by atoms with van der Waals surface area (Å²) in [5.74, 6) is -0.535. The lowest BCUT2D eigenvalue weighted by Gasteiger charge is -2.15. The molecule has 2 aromatic heterocycles. The number of furan rings is 1. The summed E-state index contributed by atoms with van der Waals surface area (Å²) in [7, 11) is 0. The van der Waals surface area contributed by atoms with Crippen molar-refractivity contribution in [3.05, 3.63) is 52.5 Å². The molecule has 0 saturated carbocycles. The van der Waals surface area contributed by atoms with E-state index in [9.17, 15) is 14.4 Å². The lowest BCUT2D eigenvalue weighted by Crippen LogP contribution is -2.23. The van der Waals surface area contributed by atoms with Crippen molar-refractivity contribution in [3.8, 4) is 0 Å². The third-order valence-corrected chi connectivity index (χ3v) is 5.32. The second kappa shape index (κ2) is 9.27. The van der Waals surface area contributed by atoms with Crippen molar-refractivity contribution in [3.63, 3.8) is 0 Å². The van der Waals surface area contributed by atoms with Crippen LogP contribution in [0.3, 0.4) is 0 Å². The topological polar surface area (TPSA) is 138 Å². The molecule has 0 aliphatic carbocycles. The lowest BCUT2D eigenvalue weighted by atomic mass is 10.1. The Labute approximate surface area is 189 Å². The van der Waals surface area contributed by atoms with E-state index in [2.05, 4.69) is 9.97 Å². The van der Waals surface area contributed by atoms with Gasteiger partial charge in [0, 0.05) is 19.5 Å². The largest absolute Gasteiger partial charge is 0.462 e. The van der Waals surface area contributed by atoms with Crippen LogP contribution in [-0.4, -0.2) is 45.9 Å². The Morgan fingerprint density at radius 3 is 2.76 bits per heavy atom. The average molecular weight is 452 g/mol. The maximum atomic E-state index is 12.6. The standard InChI is InChI=1S/C23H24N4O6/c1-3-31-23(30)18-13(2)33-21-19(18)20(24)25-16(26-21)12-32-22(29)15-7-4-6-14(10-15)11-27-9-5-8-17(27)28/h4,6-7,10H,3,5,8-9,11-12H2,1-2H3,(H2,24,25,26). The van der Waals surface area contributed by atoms with Crippen LogP contribution >= 0.6 is 0 Å². The van der Waals surface area contributed by atoms with Crippen molar-refractivity contribution >= 4 is 34.8 Å². The third kappa shape index (κ3) is 4.64. The van der Waals surface area contributed by atoms with Crippen LogP contribution in [0, 0.1) is 6.92 Å². The second-order valence-electron chi connectivity index (χ2n) is 7.65. The molecule has 1 aromatic carbocycles. The highest BCUT2D eigenvalue weighted by Gasteiger charge is 2.24. The number of carbonyl (C=O) groups is 3. The van der Waals surface area contributed by atoms with Crippen molar-refractivity contribution in [2.75, 3.05) is 18.9 Å². The summed E-state index contributed by atoms with van der Waals surface area (Å²) >= 11 is 0. The summed E-state index contributed by atoms with van der Waals surface area (Å²) in [6.45, 7) is 4.45. The van der Waals surface area contributed by atoms with Crippen LogP contribution in [0.25, 0.3) is 11.1 Å². The van der Waals surface area contributed by atoms with Crippen LogP contribution in [0.4, 0.5) is 5.82 Å². The lowest BCUT2D eigenvalue weighted by molar-refractivity contribution is -0.128. The molecule has 2 N–H and O–H groups in total. The number of nitrogens with two attached hydrogens (primary N) is 1. The number of carbonyl (C=O) groups excluding carboxylic acids is 3. The van der Waals surface area contributed by atoms with Gasteiger partial charge in [-0.05, 0) is 38.0 Å². The molecule has 3 heterocycles. The van der Waals surface area contributed by atoms with Crippen molar-refractivity contribution in [1.29, 1.82) is 0 Å². The molecule has 1 fully saturated rings. The van der Waals surface area contributed by atoms with Gasteiger partial charge in [-0.25, -0.2) is 14.6 Å². The van der Waals surface area contributed by atoms with Crippen molar-refractivity contribution in [2.24, 2.45) is 0 Å². The van der Waals surface area contributed by atoms with Gasteiger partial charge in [0.15, 0.2) is 12.4 Å². The highest BCUT2D eigenvalue weighted by Crippen LogP contribution is 2.29. The van der Waals surface area contributed by atoms with E-state index in [-0.39, 0.29) is 47.4 Å². The van der Waals surface area contributed by atoms with Gasteiger partial charge in [-0.15, -0.1) is 0 Å². The molecule has 3 aromatic rings. The number of benzene rings is 1. The van der Waals surface area contributed by atoms with Gasteiger partial charge in [0.05, 0.1) is 17.6 Å². The van der Waals surface area contributed by atoms with Gasteiger partial charge in [-0.2, -0.15) is 4.98 Å². The summed E-state index contributed by atoms with van der Waals surface area (Å²) in [6.07, 6.45) is 1.41. The first kappa shape index (κ1) is 22.3. The number of esters is 2. The predicted molar refractivity (Wildman–Crippen MR) is 117 cm³/mol. The number of likely N-dealkylation sites (tertiary alicyclic amines) is 1. The number of hydrogen-bond donors (Lipinski definition) is 1. The maximum absolute atomic E-state index is 12.6. The van der Waals surface area contributed by atoms with Gasteiger partial charge in [-0.3, -0.25) is 4.79 Å². The number of rotatable bonds is 7. The van der Waals surface area contributed by atoms with Gasteiger partial charge in [0.25, 0.3) is 0 Å². The number of nitrogens with zero attached hydrogens (tertiary/aromatic N) is 3. The van der Waals surface area contributed by atoms with Crippen molar-refractivity contribution in [1.82, 2.24) is 14.9 Å². The molecule has 0 bridgehead atoms. The first-order valence-corrected chi connectivity index (χ1v) is 10.6. The fraction of sp³-hybridized carbons (Fsp3) is 0.348. The molecule has 1 amide bonds. The smallest absolute Gasteiger partial charge is 0.342 e. The predicted octanol–water partition coefficient (Wildman–Crippen LogP) is 2.77. The first-order chi connectivity index (χ1) is 15.9. The molecule has 33 heavy (non-hydrogen) atoms. The third-order valence-electron chi connectivity index (χ3n) is 5.32. The van der Waals surface area contributed by atoms with E-state index in [0.29, 0.717) is 24.3 Å². The quantitative estimate of drug-likeness (QED) is 0.536. The van der Waals surface area contributed by atoms with Crippen LogP contribution in [0.1, 0.15) is 57.6 Å². The van der Waals surface area contributed by atoms with Crippen molar-refractivity contribution in [2.45, 2.75) is 39.8 Å². The molecule has 172 valence electrons. The normalized spacial score (nSPS) is 13.5. The molecule has 1 aliphatic rings. The van der Waals surface area contributed by atoms with E-state index < -0.39 is 11.9 Å². The van der Waals surface area contributed by atoms with Gasteiger partial charge in [0.1, 0.15) is 17.1 Å². The average Bonchev–Trinajstić information content (AvgIpc) is 3.34. The monoisotopic (exact) mass is 452 g/mol. The zero-order valence-electron chi connectivity index (χ0n) is 18.4. The molecule has 10 heteroatoms. The second-order valence-corrected chi connectivity index (χ2v) is 7.65. The highest BCUT2D eigenvalue weighted by atomic mass is 16.5. The number of aryl methyl sites for hydroxylation is 1. The Hall–Kier alpha value is -3.95. The summed E-state index contributed by atoms with van der Waals surface area (Å²) in [5.41, 5.74) is 7.54. The van der Waals surface area contributed by atoms with Crippen LogP contribution < -0.4 is 5.73 Å². The van der Waals surface area contributed by atoms with E-state index in [1.165, 1.54) is 0 Å². The van der Waals surface area contributed by atoms with Crippen LogP contribution in [0.2, 0.25) is 0 Å². The number of nitrogen functional groups attached to an aromatic ring is 1. The molecular formula is C23H24N4O6. The number of anilines is 1.